The number of benzene rings is 1. The summed E-state index contributed by atoms with van der Waals surface area (Å²) in [5.74, 6) is -0.179. The summed E-state index contributed by atoms with van der Waals surface area (Å²) in [6.07, 6.45) is 2.48. The number of hydrogen-bond acceptors (Lipinski definition) is 5. The first kappa shape index (κ1) is 17.2. The van der Waals surface area contributed by atoms with Crippen LogP contribution in [0.2, 0.25) is 0 Å². The van der Waals surface area contributed by atoms with Gasteiger partial charge in [-0.2, -0.15) is 0 Å². The Hall–Kier alpha value is -2.67. The van der Waals surface area contributed by atoms with E-state index in [1.54, 1.807) is 35.9 Å². The van der Waals surface area contributed by atoms with Crippen LogP contribution in [-0.4, -0.2) is 25.5 Å². The minimum Gasteiger partial charge on any atom is -0.508 e. The van der Waals surface area contributed by atoms with Gasteiger partial charge in [-0.15, -0.1) is 11.3 Å². The molecular weight excluding hydrogens is 336 g/mol. The monoisotopic (exact) mass is 356 g/mol. The smallest absolute Gasteiger partial charge is 0.223 e. The molecule has 0 saturated carbocycles. The molecular formula is C18H20N4O2S. The second-order valence-corrected chi connectivity index (χ2v) is 7.28. The van der Waals surface area contributed by atoms with E-state index in [2.05, 4.69) is 9.97 Å². The van der Waals surface area contributed by atoms with Gasteiger partial charge in [-0.25, -0.2) is 9.97 Å². The van der Waals surface area contributed by atoms with Crippen molar-refractivity contribution in [2.24, 2.45) is 5.73 Å². The Morgan fingerprint density at radius 2 is 2.16 bits per heavy atom. The first-order valence-electron chi connectivity index (χ1n) is 7.94. The van der Waals surface area contributed by atoms with Gasteiger partial charge in [0.05, 0.1) is 34.8 Å². The van der Waals surface area contributed by atoms with Crippen molar-refractivity contribution >= 4 is 17.2 Å². The van der Waals surface area contributed by atoms with E-state index in [0.29, 0.717) is 13.0 Å². The highest BCUT2D eigenvalue weighted by molar-refractivity contribution is 7.11. The standard InChI is InChI=1S/C18H20N4O2S/c1-11-17(25-12(2)21-11)7-15-16(8-18(19)24)22(10-20-15)9-13-4-3-5-14(23)6-13/h3-6,10,23H,7-9H2,1-2H3,(H2,19,24). The van der Waals surface area contributed by atoms with Crippen molar-refractivity contribution in [1.82, 2.24) is 14.5 Å². The molecule has 0 aliphatic carbocycles. The fraction of sp³-hybridized carbons (Fsp3) is 0.278. The van der Waals surface area contributed by atoms with E-state index in [1.807, 2.05) is 24.5 Å². The summed E-state index contributed by atoms with van der Waals surface area (Å²) in [6, 6.07) is 7.04. The van der Waals surface area contributed by atoms with Gasteiger partial charge in [0.1, 0.15) is 5.75 Å². The fourth-order valence-electron chi connectivity index (χ4n) is 2.84. The number of carbonyl (C=O) groups is 1. The second kappa shape index (κ2) is 7.06. The van der Waals surface area contributed by atoms with Crippen LogP contribution in [-0.2, 0) is 24.2 Å². The minimum atomic E-state index is -0.392. The Morgan fingerprint density at radius 1 is 1.36 bits per heavy atom. The highest BCUT2D eigenvalue weighted by atomic mass is 32.1. The van der Waals surface area contributed by atoms with Crippen molar-refractivity contribution in [1.29, 1.82) is 0 Å². The van der Waals surface area contributed by atoms with E-state index in [1.165, 1.54) is 0 Å². The number of primary amides is 1. The van der Waals surface area contributed by atoms with Gasteiger partial charge >= 0.3 is 0 Å². The third-order valence-corrected chi connectivity index (χ3v) is 5.04. The van der Waals surface area contributed by atoms with Gasteiger partial charge in [-0.1, -0.05) is 12.1 Å². The Labute approximate surface area is 150 Å². The second-order valence-electron chi connectivity index (χ2n) is 6.00. The van der Waals surface area contributed by atoms with Crippen molar-refractivity contribution in [2.45, 2.75) is 33.2 Å². The van der Waals surface area contributed by atoms with E-state index < -0.39 is 5.91 Å². The summed E-state index contributed by atoms with van der Waals surface area (Å²) in [7, 11) is 0. The summed E-state index contributed by atoms with van der Waals surface area (Å²) >= 11 is 1.64. The molecule has 1 aromatic carbocycles. The minimum absolute atomic E-state index is 0.130. The molecule has 2 aromatic heterocycles. The number of aromatic nitrogens is 3. The number of rotatable bonds is 6. The maximum Gasteiger partial charge on any atom is 0.223 e. The zero-order valence-corrected chi connectivity index (χ0v) is 15.0. The van der Waals surface area contributed by atoms with Gasteiger partial charge in [-0.05, 0) is 31.5 Å². The zero-order valence-electron chi connectivity index (χ0n) is 14.2. The summed E-state index contributed by atoms with van der Waals surface area (Å²) in [4.78, 5) is 21.6. The molecule has 25 heavy (non-hydrogen) atoms. The van der Waals surface area contributed by atoms with Gasteiger partial charge in [0, 0.05) is 17.8 Å². The summed E-state index contributed by atoms with van der Waals surface area (Å²) in [5, 5.41) is 10.7. The normalized spacial score (nSPS) is 11.0. The lowest BCUT2D eigenvalue weighted by Crippen LogP contribution is -2.18. The molecule has 0 aliphatic rings. The van der Waals surface area contributed by atoms with E-state index >= 15 is 0 Å². The Bertz CT molecular complexity index is 914. The Balaban J connectivity index is 1.92. The number of aromatic hydroxyl groups is 1. The average Bonchev–Trinajstić information content (AvgIpc) is 3.03. The predicted octanol–water partition coefficient (Wildman–Crippen LogP) is 2.33. The van der Waals surface area contributed by atoms with Crippen molar-refractivity contribution in [3.8, 4) is 5.75 Å². The van der Waals surface area contributed by atoms with E-state index in [4.69, 9.17) is 5.73 Å². The summed E-state index contributed by atoms with van der Waals surface area (Å²) in [6.45, 7) is 4.48. The highest BCUT2D eigenvalue weighted by Gasteiger charge is 2.16. The van der Waals surface area contributed by atoms with Crippen LogP contribution in [0.25, 0.3) is 0 Å². The molecule has 0 bridgehead atoms. The molecule has 0 fully saturated rings. The molecule has 0 radical (unpaired) electrons. The van der Waals surface area contributed by atoms with Gasteiger partial charge in [0.25, 0.3) is 0 Å². The van der Waals surface area contributed by atoms with E-state index in [-0.39, 0.29) is 12.2 Å². The molecule has 3 rings (SSSR count). The van der Waals surface area contributed by atoms with E-state index in [9.17, 15) is 9.90 Å². The van der Waals surface area contributed by atoms with Crippen LogP contribution < -0.4 is 5.73 Å². The van der Waals surface area contributed by atoms with Gasteiger partial charge in [-0.3, -0.25) is 4.79 Å². The molecule has 0 saturated heterocycles. The highest BCUT2D eigenvalue weighted by Crippen LogP contribution is 2.23. The number of aryl methyl sites for hydroxylation is 2. The van der Waals surface area contributed by atoms with Crippen LogP contribution in [0.1, 0.15) is 32.5 Å². The maximum atomic E-state index is 11.5. The number of imidazole rings is 1. The lowest BCUT2D eigenvalue weighted by atomic mass is 10.1. The molecule has 0 atom stereocenters. The number of nitrogens with zero attached hydrogens (tertiary/aromatic N) is 3. The Kier molecular flexibility index (Phi) is 4.85. The molecule has 3 N–H and O–H groups in total. The van der Waals surface area contributed by atoms with E-state index in [0.717, 1.165) is 32.5 Å². The van der Waals surface area contributed by atoms with Crippen molar-refractivity contribution in [2.75, 3.05) is 0 Å². The van der Waals surface area contributed by atoms with Crippen LogP contribution in [0.15, 0.2) is 30.6 Å². The molecule has 3 aromatic rings. The molecule has 0 aliphatic heterocycles. The first-order valence-corrected chi connectivity index (χ1v) is 8.76. The van der Waals surface area contributed by atoms with Gasteiger partial charge in [0.15, 0.2) is 0 Å². The van der Waals surface area contributed by atoms with Crippen molar-refractivity contribution in [3.05, 3.63) is 63.1 Å². The van der Waals surface area contributed by atoms with Gasteiger partial charge in [0.2, 0.25) is 5.91 Å². The fourth-order valence-corrected chi connectivity index (χ4v) is 3.78. The zero-order chi connectivity index (χ0) is 18.0. The van der Waals surface area contributed by atoms with Crippen LogP contribution >= 0.6 is 11.3 Å². The molecule has 130 valence electrons. The number of amides is 1. The van der Waals surface area contributed by atoms with Crippen molar-refractivity contribution < 1.29 is 9.90 Å². The SMILES string of the molecule is Cc1nc(C)c(Cc2ncn(Cc3cccc(O)c3)c2CC(N)=O)s1. The third-order valence-electron chi connectivity index (χ3n) is 3.97. The van der Waals surface area contributed by atoms with Crippen molar-refractivity contribution in [3.63, 3.8) is 0 Å². The molecule has 7 heteroatoms. The largest absolute Gasteiger partial charge is 0.508 e. The number of thiazole rings is 1. The van der Waals surface area contributed by atoms with Crippen LogP contribution in [0.3, 0.4) is 0 Å². The maximum absolute atomic E-state index is 11.5. The lowest BCUT2D eigenvalue weighted by molar-refractivity contribution is -0.117. The molecule has 0 unspecified atom stereocenters. The number of phenolic OH excluding ortho intramolecular Hbond substituents is 1. The summed E-state index contributed by atoms with van der Waals surface area (Å²) < 4.78 is 1.91. The molecule has 1 amide bonds. The average molecular weight is 356 g/mol. The van der Waals surface area contributed by atoms with Gasteiger partial charge < -0.3 is 15.4 Å². The molecule has 2 heterocycles. The molecule has 6 nitrogen and oxygen atoms in total. The number of phenols is 1. The number of hydrogen-bond donors (Lipinski definition) is 2. The topological polar surface area (TPSA) is 94.0 Å². The van der Waals surface area contributed by atoms with Crippen LogP contribution in [0.4, 0.5) is 0 Å². The number of nitrogens with two attached hydrogens (primary N) is 1. The third kappa shape index (κ3) is 4.06. The predicted molar refractivity (Wildman–Crippen MR) is 96.7 cm³/mol. The van der Waals surface area contributed by atoms with Crippen LogP contribution in [0, 0.1) is 13.8 Å². The molecule has 0 spiro atoms. The summed E-state index contributed by atoms with van der Waals surface area (Å²) in [5.41, 5.74) is 9.01. The quantitative estimate of drug-likeness (QED) is 0.709. The lowest BCUT2D eigenvalue weighted by Gasteiger charge is -2.09. The Morgan fingerprint density at radius 3 is 2.80 bits per heavy atom. The van der Waals surface area contributed by atoms with Crippen LogP contribution in [0.5, 0.6) is 5.75 Å². The first-order chi connectivity index (χ1) is 11.9. The number of carbonyl (C=O) groups excluding carboxylic acids is 1.